The van der Waals surface area contributed by atoms with Crippen LogP contribution in [0.2, 0.25) is 0 Å². The molecule has 0 aromatic heterocycles. The van der Waals surface area contributed by atoms with Crippen LogP contribution in [0, 0.1) is 0 Å². The molecule has 1 heterocycles. The summed E-state index contributed by atoms with van der Waals surface area (Å²) in [7, 11) is 3.41. The molecule has 0 spiro atoms. The van der Waals surface area contributed by atoms with E-state index in [-0.39, 0.29) is 5.91 Å². The Kier molecular flexibility index (Phi) is 4.27. The van der Waals surface area contributed by atoms with Crippen LogP contribution in [0.5, 0.6) is 11.5 Å². The van der Waals surface area contributed by atoms with Crippen LogP contribution >= 0.6 is 0 Å². The van der Waals surface area contributed by atoms with Crippen LogP contribution in [0.1, 0.15) is 24.5 Å². The van der Waals surface area contributed by atoms with Crippen molar-refractivity contribution in [2.24, 2.45) is 0 Å². The monoisotopic (exact) mass is 265 g/mol. The summed E-state index contributed by atoms with van der Waals surface area (Å²) in [6.45, 7) is 1.07. The lowest BCUT2D eigenvalue weighted by atomic mass is 10.0. The van der Waals surface area contributed by atoms with Gasteiger partial charge in [-0.25, -0.2) is 0 Å². The summed E-state index contributed by atoms with van der Waals surface area (Å²) in [6, 6.07) is 5.37. The summed E-state index contributed by atoms with van der Waals surface area (Å²) < 4.78 is 10.9. The van der Waals surface area contributed by atoms with Crippen molar-refractivity contribution in [3.63, 3.8) is 0 Å². The Morgan fingerprint density at radius 3 is 2.68 bits per heavy atom. The van der Waals surface area contributed by atoms with Gasteiger partial charge in [0.25, 0.3) is 0 Å². The van der Waals surface area contributed by atoms with Crippen LogP contribution in [0.3, 0.4) is 0 Å². The summed E-state index contributed by atoms with van der Waals surface area (Å²) in [5, 5.41) is 10.1. The molecule has 1 atom stereocenters. The minimum Gasteiger partial charge on any atom is -0.486 e. The van der Waals surface area contributed by atoms with Crippen LogP contribution in [0.25, 0.3) is 0 Å². The molecule has 5 nitrogen and oxygen atoms in total. The van der Waals surface area contributed by atoms with Crippen LogP contribution in [-0.2, 0) is 4.79 Å². The van der Waals surface area contributed by atoms with E-state index in [1.54, 1.807) is 32.3 Å². The van der Waals surface area contributed by atoms with E-state index in [9.17, 15) is 9.90 Å². The maximum absolute atomic E-state index is 11.5. The lowest BCUT2D eigenvalue weighted by Gasteiger charge is -2.20. The van der Waals surface area contributed by atoms with Gasteiger partial charge in [-0.05, 0) is 24.1 Å². The van der Waals surface area contributed by atoms with Gasteiger partial charge in [0, 0.05) is 20.5 Å². The highest BCUT2D eigenvalue weighted by molar-refractivity contribution is 5.75. The van der Waals surface area contributed by atoms with Gasteiger partial charge in [-0.3, -0.25) is 4.79 Å². The largest absolute Gasteiger partial charge is 0.486 e. The first-order valence-electron chi connectivity index (χ1n) is 6.35. The maximum atomic E-state index is 11.5. The van der Waals surface area contributed by atoms with Crippen molar-refractivity contribution in [2.45, 2.75) is 18.9 Å². The topological polar surface area (TPSA) is 59.0 Å². The molecule has 0 bridgehead atoms. The first-order chi connectivity index (χ1) is 9.08. The number of amides is 1. The summed E-state index contributed by atoms with van der Waals surface area (Å²) in [6.07, 6.45) is 0.0546. The second-order valence-corrected chi connectivity index (χ2v) is 4.75. The second kappa shape index (κ2) is 5.93. The molecule has 0 aliphatic carbocycles. The third-order valence-corrected chi connectivity index (χ3v) is 3.08. The second-order valence-electron chi connectivity index (χ2n) is 4.75. The van der Waals surface area contributed by atoms with Crippen LogP contribution in [0.15, 0.2) is 18.2 Å². The lowest BCUT2D eigenvalue weighted by molar-refractivity contribution is -0.129. The molecule has 1 aromatic carbocycles. The summed E-state index contributed by atoms with van der Waals surface area (Å²) in [5.74, 6) is 1.37. The molecular weight excluding hydrogens is 246 g/mol. The predicted molar refractivity (Wildman–Crippen MR) is 70.3 cm³/mol. The fourth-order valence-electron chi connectivity index (χ4n) is 1.92. The Labute approximate surface area is 112 Å². The Balaban J connectivity index is 1.99. The van der Waals surface area contributed by atoms with Gasteiger partial charge in [-0.15, -0.1) is 0 Å². The number of nitrogens with zero attached hydrogens (tertiary/aromatic N) is 1. The van der Waals surface area contributed by atoms with Gasteiger partial charge in [-0.2, -0.15) is 0 Å². The fourth-order valence-corrected chi connectivity index (χ4v) is 1.92. The SMILES string of the molecule is CN(C)C(=O)CCC(O)c1ccc2c(c1)OCCO2. The van der Waals surface area contributed by atoms with Gasteiger partial charge in [0.1, 0.15) is 13.2 Å². The van der Waals surface area contributed by atoms with Crippen LogP contribution in [0.4, 0.5) is 0 Å². The average molecular weight is 265 g/mol. The smallest absolute Gasteiger partial charge is 0.222 e. The maximum Gasteiger partial charge on any atom is 0.222 e. The van der Waals surface area contributed by atoms with E-state index in [1.807, 2.05) is 0 Å². The number of aliphatic hydroxyl groups is 1. The first-order valence-corrected chi connectivity index (χ1v) is 6.35. The van der Waals surface area contributed by atoms with E-state index >= 15 is 0 Å². The molecule has 1 aliphatic heterocycles. The molecule has 0 saturated heterocycles. The summed E-state index contributed by atoms with van der Waals surface area (Å²) in [4.78, 5) is 13.0. The molecule has 0 fully saturated rings. The van der Waals surface area contributed by atoms with E-state index in [0.717, 1.165) is 5.56 Å². The normalized spacial score (nSPS) is 14.9. The van der Waals surface area contributed by atoms with Gasteiger partial charge in [0.2, 0.25) is 5.91 Å². The van der Waals surface area contributed by atoms with Gasteiger partial charge in [-0.1, -0.05) is 6.07 Å². The zero-order valence-corrected chi connectivity index (χ0v) is 11.3. The number of fused-ring (bicyclic) bond motifs is 1. The fraction of sp³-hybridized carbons (Fsp3) is 0.500. The molecule has 2 rings (SSSR count). The minimum atomic E-state index is -0.667. The van der Waals surface area contributed by atoms with Gasteiger partial charge in [0.05, 0.1) is 6.10 Å². The first kappa shape index (κ1) is 13.7. The molecule has 104 valence electrons. The molecule has 1 unspecified atom stereocenters. The highest BCUT2D eigenvalue weighted by Crippen LogP contribution is 2.33. The minimum absolute atomic E-state index is 0.0107. The van der Waals surface area contributed by atoms with E-state index in [1.165, 1.54) is 4.90 Å². The number of carbonyl (C=O) groups excluding carboxylic acids is 1. The van der Waals surface area contributed by atoms with Gasteiger partial charge in [0.15, 0.2) is 11.5 Å². The van der Waals surface area contributed by atoms with E-state index in [2.05, 4.69) is 0 Å². The molecular formula is C14H19NO4. The average Bonchev–Trinajstić information content (AvgIpc) is 2.43. The van der Waals surface area contributed by atoms with Gasteiger partial charge >= 0.3 is 0 Å². The third kappa shape index (κ3) is 3.38. The quantitative estimate of drug-likeness (QED) is 0.893. The standard InChI is InChI=1S/C14H19NO4/c1-15(2)14(17)6-4-11(16)10-3-5-12-13(9-10)19-8-7-18-12/h3,5,9,11,16H,4,6-8H2,1-2H3. The number of ether oxygens (including phenoxy) is 2. The van der Waals surface area contributed by atoms with Gasteiger partial charge < -0.3 is 19.5 Å². The molecule has 1 aromatic rings. The number of aliphatic hydroxyl groups excluding tert-OH is 1. The Morgan fingerprint density at radius 1 is 1.32 bits per heavy atom. The highest BCUT2D eigenvalue weighted by atomic mass is 16.6. The molecule has 1 aliphatic rings. The molecule has 0 saturated carbocycles. The van der Waals surface area contributed by atoms with Crippen molar-refractivity contribution >= 4 is 5.91 Å². The van der Waals surface area contributed by atoms with E-state index < -0.39 is 6.10 Å². The zero-order valence-electron chi connectivity index (χ0n) is 11.3. The van der Waals surface area contributed by atoms with Crippen LogP contribution < -0.4 is 9.47 Å². The number of hydrogen-bond donors (Lipinski definition) is 1. The van der Waals surface area contributed by atoms with Crippen molar-refractivity contribution < 1.29 is 19.4 Å². The van der Waals surface area contributed by atoms with E-state index in [0.29, 0.717) is 37.6 Å². The van der Waals surface area contributed by atoms with Crippen molar-refractivity contribution in [1.29, 1.82) is 0 Å². The molecule has 0 radical (unpaired) electrons. The number of benzene rings is 1. The van der Waals surface area contributed by atoms with Crippen LogP contribution in [-0.4, -0.2) is 43.2 Å². The third-order valence-electron chi connectivity index (χ3n) is 3.08. The zero-order chi connectivity index (χ0) is 13.8. The molecule has 5 heteroatoms. The summed E-state index contributed by atoms with van der Waals surface area (Å²) in [5.41, 5.74) is 0.746. The number of carbonyl (C=O) groups is 1. The predicted octanol–water partition coefficient (Wildman–Crippen LogP) is 1.36. The number of hydrogen-bond acceptors (Lipinski definition) is 4. The van der Waals surface area contributed by atoms with Crippen molar-refractivity contribution in [3.8, 4) is 11.5 Å². The summed E-state index contributed by atoms with van der Waals surface area (Å²) >= 11 is 0. The van der Waals surface area contributed by atoms with Crippen molar-refractivity contribution in [1.82, 2.24) is 4.90 Å². The number of rotatable bonds is 4. The van der Waals surface area contributed by atoms with Crippen molar-refractivity contribution in [3.05, 3.63) is 23.8 Å². The molecule has 1 amide bonds. The Hall–Kier alpha value is -1.75. The molecule has 19 heavy (non-hydrogen) atoms. The lowest BCUT2D eigenvalue weighted by Crippen LogP contribution is -2.22. The van der Waals surface area contributed by atoms with Crippen molar-refractivity contribution in [2.75, 3.05) is 27.3 Å². The molecule has 1 N–H and O–H groups in total. The highest BCUT2D eigenvalue weighted by Gasteiger charge is 2.16. The van der Waals surface area contributed by atoms with E-state index in [4.69, 9.17) is 9.47 Å². The Bertz CT molecular complexity index is 459. The Morgan fingerprint density at radius 2 is 2.00 bits per heavy atom.